The van der Waals surface area contributed by atoms with E-state index in [4.69, 9.17) is 9.52 Å². The van der Waals surface area contributed by atoms with Gasteiger partial charge in [-0.1, -0.05) is 50.2 Å². The minimum atomic E-state index is -0.842. The Bertz CT molecular complexity index is 1790. The van der Waals surface area contributed by atoms with Crippen molar-refractivity contribution >= 4 is 39.5 Å². The minimum Gasteiger partial charge on any atom is -0.481 e. The highest BCUT2D eigenvalue weighted by Gasteiger charge is 2.29. The number of carboxylic acid groups (broad SMARTS) is 1. The molecule has 0 radical (unpaired) electrons. The summed E-state index contributed by atoms with van der Waals surface area (Å²) in [5.41, 5.74) is 7.66. The SMILES string of the molecule is CC(C)(C)O.Cc1ncc(-c2ccc(CNc3ncnc4c3oc3ccccc34)cc2)c(N2CCC(C)(C)CC2)c1CC(=O)O. The van der Waals surface area contributed by atoms with Gasteiger partial charge in [0, 0.05) is 48.0 Å². The van der Waals surface area contributed by atoms with Crippen LogP contribution < -0.4 is 10.2 Å². The molecule has 5 aromatic rings. The van der Waals surface area contributed by atoms with Crippen molar-refractivity contribution in [1.29, 1.82) is 0 Å². The van der Waals surface area contributed by atoms with Crippen LogP contribution in [0.4, 0.5) is 11.5 Å². The summed E-state index contributed by atoms with van der Waals surface area (Å²) >= 11 is 0. The Kier molecular flexibility index (Phi) is 9.11. The van der Waals surface area contributed by atoms with E-state index in [2.05, 4.69) is 63.3 Å². The summed E-state index contributed by atoms with van der Waals surface area (Å²) in [7, 11) is 0. The van der Waals surface area contributed by atoms with Crippen LogP contribution in [0.3, 0.4) is 0 Å². The summed E-state index contributed by atoms with van der Waals surface area (Å²) in [5.74, 6) is -0.188. The van der Waals surface area contributed by atoms with E-state index < -0.39 is 11.6 Å². The van der Waals surface area contributed by atoms with Crippen LogP contribution in [0.15, 0.2) is 65.5 Å². The van der Waals surface area contributed by atoms with Gasteiger partial charge in [-0.2, -0.15) is 0 Å². The number of aryl methyl sites for hydroxylation is 1. The van der Waals surface area contributed by atoms with Crippen LogP contribution in [0.1, 0.15) is 64.3 Å². The zero-order valence-electron chi connectivity index (χ0n) is 27.0. The number of aliphatic hydroxyl groups is 1. The molecule has 0 spiro atoms. The first-order chi connectivity index (χ1) is 21.3. The second-order valence-corrected chi connectivity index (χ2v) is 13.5. The molecule has 3 N–H and O–H groups in total. The first-order valence-electron chi connectivity index (χ1n) is 15.4. The van der Waals surface area contributed by atoms with Gasteiger partial charge < -0.3 is 24.8 Å². The van der Waals surface area contributed by atoms with Gasteiger partial charge in [0.15, 0.2) is 11.4 Å². The van der Waals surface area contributed by atoms with Crippen LogP contribution in [-0.4, -0.2) is 49.8 Å². The molecule has 1 fully saturated rings. The average molecular weight is 610 g/mol. The Morgan fingerprint density at radius 3 is 2.36 bits per heavy atom. The fraction of sp³-hybridized carbons (Fsp3) is 0.389. The fourth-order valence-corrected chi connectivity index (χ4v) is 5.54. The maximum Gasteiger partial charge on any atom is 0.307 e. The number of rotatable bonds is 7. The molecule has 9 nitrogen and oxygen atoms in total. The second-order valence-electron chi connectivity index (χ2n) is 13.5. The van der Waals surface area contributed by atoms with Gasteiger partial charge in [-0.15, -0.1) is 0 Å². The van der Waals surface area contributed by atoms with Crippen molar-refractivity contribution in [2.45, 2.75) is 73.0 Å². The standard InChI is InChI=1S/C32H33N5O3.C4H10O/c1-20-24(16-27(38)39)29(37-14-12-32(2,3)13-15-37)25(18-33-20)22-10-8-21(9-11-22)17-34-31-30-28(35-19-36-31)23-6-4-5-7-26(23)40-30;1-4(2,3)5/h4-11,18-19H,12-17H2,1-3H3,(H,38,39)(H,34,35,36);5H,1-3H3. The number of aliphatic carboxylic acids is 1. The Balaban J connectivity index is 0.000000743. The molecule has 1 aliphatic rings. The van der Waals surface area contributed by atoms with Crippen molar-refractivity contribution in [3.05, 3.63) is 77.9 Å². The molecule has 2 aromatic carbocycles. The minimum absolute atomic E-state index is 0.0426. The molecule has 4 heterocycles. The zero-order valence-corrected chi connectivity index (χ0v) is 27.0. The van der Waals surface area contributed by atoms with Gasteiger partial charge in [0.05, 0.1) is 17.7 Å². The smallest absolute Gasteiger partial charge is 0.307 e. The molecular formula is C36H43N5O4. The van der Waals surface area contributed by atoms with Crippen LogP contribution >= 0.6 is 0 Å². The number of piperidine rings is 1. The lowest BCUT2D eigenvalue weighted by molar-refractivity contribution is -0.136. The van der Waals surface area contributed by atoms with Gasteiger partial charge in [-0.25, -0.2) is 9.97 Å². The lowest BCUT2D eigenvalue weighted by Gasteiger charge is -2.40. The first kappa shape index (κ1) is 31.9. The van der Waals surface area contributed by atoms with Gasteiger partial charge in [-0.05, 0) is 69.2 Å². The van der Waals surface area contributed by atoms with Gasteiger partial charge >= 0.3 is 5.97 Å². The molecule has 0 bridgehead atoms. The van der Waals surface area contributed by atoms with Gasteiger partial charge in [0.25, 0.3) is 0 Å². The largest absolute Gasteiger partial charge is 0.481 e. The Hall–Kier alpha value is -4.50. The molecule has 9 heteroatoms. The normalized spacial score (nSPS) is 14.7. The summed E-state index contributed by atoms with van der Waals surface area (Å²) in [4.78, 5) is 27.6. The zero-order chi connectivity index (χ0) is 32.4. The molecule has 6 rings (SSSR count). The van der Waals surface area contributed by atoms with Crippen molar-refractivity contribution in [2.24, 2.45) is 5.41 Å². The number of para-hydroxylation sites is 1. The predicted molar refractivity (Wildman–Crippen MR) is 180 cm³/mol. The number of carbonyl (C=O) groups is 1. The number of anilines is 2. The number of hydrogen-bond acceptors (Lipinski definition) is 8. The van der Waals surface area contributed by atoms with Crippen molar-refractivity contribution in [2.75, 3.05) is 23.3 Å². The van der Waals surface area contributed by atoms with E-state index in [1.54, 1.807) is 27.1 Å². The maximum atomic E-state index is 11.8. The number of benzene rings is 2. The quantitative estimate of drug-likeness (QED) is 0.173. The number of nitrogens with zero attached hydrogens (tertiary/aromatic N) is 4. The Morgan fingerprint density at radius 2 is 1.69 bits per heavy atom. The molecule has 45 heavy (non-hydrogen) atoms. The molecule has 0 unspecified atom stereocenters. The van der Waals surface area contributed by atoms with Crippen molar-refractivity contribution in [1.82, 2.24) is 15.0 Å². The third-order valence-corrected chi connectivity index (χ3v) is 8.01. The number of furan rings is 1. The molecule has 0 saturated carbocycles. The van der Waals surface area contributed by atoms with Crippen LogP contribution in [0.5, 0.6) is 0 Å². The lowest BCUT2D eigenvalue weighted by Crippen LogP contribution is -2.38. The summed E-state index contributed by atoms with van der Waals surface area (Å²) in [6, 6.07) is 16.2. The van der Waals surface area contributed by atoms with Crippen molar-refractivity contribution in [3.63, 3.8) is 0 Å². The monoisotopic (exact) mass is 609 g/mol. The molecule has 0 amide bonds. The molecule has 3 aromatic heterocycles. The number of nitrogens with one attached hydrogen (secondary N) is 1. The maximum absolute atomic E-state index is 11.8. The summed E-state index contributed by atoms with van der Waals surface area (Å²) in [6.07, 6.45) is 5.53. The third-order valence-electron chi connectivity index (χ3n) is 8.01. The van der Waals surface area contributed by atoms with E-state index in [9.17, 15) is 9.90 Å². The third kappa shape index (κ3) is 7.78. The van der Waals surface area contributed by atoms with Crippen molar-refractivity contribution < 1.29 is 19.4 Å². The number of aromatic nitrogens is 3. The number of fused-ring (bicyclic) bond motifs is 3. The number of carboxylic acids is 1. The molecule has 236 valence electrons. The fourth-order valence-electron chi connectivity index (χ4n) is 5.54. The highest BCUT2D eigenvalue weighted by Crippen LogP contribution is 2.40. The Morgan fingerprint density at radius 1 is 1.02 bits per heavy atom. The number of pyridine rings is 1. The molecule has 1 aliphatic heterocycles. The highest BCUT2D eigenvalue weighted by atomic mass is 16.4. The lowest BCUT2D eigenvalue weighted by atomic mass is 9.82. The van der Waals surface area contributed by atoms with Crippen LogP contribution in [0.25, 0.3) is 33.2 Å². The van der Waals surface area contributed by atoms with E-state index in [0.717, 1.165) is 76.1 Å². The van der Waals surface area contributed by atoms with Crippen LogP contribution in [0.2, 0.25) is 0 Å². The van der Waals surface area contributed by atoms with Crippen molar-refractivity contribution in [3.8, 4) is 11.1 Å². The van der Waals surface area contributed by atoms with Gasteiger partial charge in [0.2, 0.25) is 0 Å². The molecule has 0 aliphatic carbocycles. The highest BCUT2D eigenvalue weighted by molar-refractivity contribution is 6.05. The van der Waals surface area contributed by atoms with Crippen LogP contribution in [0, 0.1) is 12.3 Å². The van der Waals surface area contributed by atoms with E-state index in [0.29, 0.717) is 17.9 Å². The van der Waals surface area contributed by atoms with E-state index in [1.807, 2.05) is 37.4 Å². The summed E-state index contributed by atoms with van der Waals surface area (Å²) in [6.45, 7) is 14.1. The summed E-state index contributed by atoms with van der Waals surface area (Å²) in [5, 5.41) is 22.6. The molecular weight excluding hydrogens is 566 g/mol. The molecule has 0 atom stereocenters. The van der Waals surface area contributed by atoms with Gasteiger partial charge in [-0.3, -0.25) is 9.78 Å². The average Bonchev–Trinajstić information content (AvgIpc) is 3.36. The van der Waals surface area contributed by atoms with E-state index >= 15 is 0 Å². The van der Waals surface area contributed by atoms with Gasteiger partial charge in [0.1, 0.15) is 17.4 Å². The second kappa shape index (κ2) is 12.9. The van der Waals surface area contributed by atoms with Crippen LogP contribution in [-0.2, 0) is 17.8 Å². The summed E-state index contributed by atoms with van der Waals surface area (Å²) < 4.78 is 6.04. The predicted octanol–water partition coefficient (Wildman–Crippen LogP) is 7.39. The number of hydrogen-bond donors (Lipinski definition) is 3. The first-order valence-corrected chi connectivity index (χ1v) is 15.4. The Labute approximate surface area is 264 Å². The topological polar surface area (TPSA) is 125 Å². The molecule has 1 saturated heterocycles. The van der Waals surface area contributed by atoms with E-state index in [-0.39, 0.29) is 11.8 Å². The van der Waals surface area contributed by atoms with E-state index in [1.165, 1.54) is 0 Å².